The van der Waals surface area contributed by atoms with E-state index in [9.17, 15) is 15.3 Å². The van der Waals surface area contributed by atoms with Gasteiger partial charge in [-0.2, -0.15) is 0 Å². The van der Waals surface area contributed by atoms with Crippen LogP contribution in [0.25, 0.3) is 0 Å². The molecular weight excluding hydrogens is 264 g/mol. The minimum Gasteiger partial charge on any atom is -0.394 e. The molecule has 1 fully saturated rings. The first-order valence-electron chi connectivity index (χ1n) is 6.55. The van der Waals surface area contributed by atoms with E-state index in [1.54, 1.807) is 6.92 Å². The van der Waals surface area contributed by atoms with Gasteiger partial charge in [-0.1, -0.05) is 30.3 Å². The highest BCUT2D eigenvalue weighted by Crippen LogP contribution is 2.26. The van der Waals surface area contributed by atoms with Crippen molar-refractivity contribution >= 4 is 0 Å². The Kier molecular flexibility index (Phi) is 5.09. The Morgan fingerprint density at radius 2 is 1.75 bits per heavy atom. The first-order chi connectivity index (χ1) is 9.54. The lowest BCUT2D eigenvalue weighted by atomic mass is 9.99. The van der Waals surface area contributed by atoms with Gasteiger partial charge in [-0.15, -0.1) is 0 Å². The third kappa shape index (κ3) is 3.17. The van der Waals surface area contributed by atoms with Gasteiger partial charge in [-0.3, -0.25) is 0 Å². The largest absolute Gasteiger partial charge is 0.394 e. The molecule has 6 heteroatoms. The van der Waals surface area contributed by atoms with Crippen molar-refractivity contribution in [2.24, 2.45) is 0 Å². The summed E-state index contributed by atoms with van der Waals surface area (Å²) in [6, 6.07) is 9.35. The smallest absolute Gasteiger partial charge is 0.187 e. The highest BCUT2D eigenvalue weighted by Gasteiger charge is 2.44. The molecule has 0 amide bonds. The number of rotatable bonds is 4. The van der Waals surface area contributed by atoms with E-state index in [-0.39, 0.29) is 6.10 Å². The molecule has 1 saturated heterocycles. The van der Waals surface area contributed by atoms with Crippen molar-refractivity contribution in [1.29, 1.82) is 0 Å². The third-order valence-corrected chi connectivity index (χ3v) is 3.46. The van der Waals surface area contributed by atoms with Gasteiger partial charge in [0.1, 0.15) is 24.4 Å². The van der Waals surface area contributed by atoms with Crippen LogP contribution in [0.15, 0.2) is 30.3 Å². The molecule has 2 rings (SSSR count). The summed E-state index contributed by atoms with van der Waals surface area (Å²) in [7, 11) is 0. The van der Waals surface area contributed by atoms with Gasteiger partial charge >= 0.3 is 0 Å². The molecule has 20 heavy (non-hydrogen) atoms. The minimum absolute atomic E-state index is 0.363. The SMILES string of the molecule is CC(O[C@@H]1O[C@H](CO)[C@H](O)[C@H](O)[C@H]1O)c1ccccc1. The van der Waals surface area contributed by atoms with E-state index < -0.39 is 37.3 Å². The normalized spacial score (nSPS) is 35.8. The van der Waals surface area contributed by atoms with Gasteiger partial charge in [0.2, 0.25) is 0 Å². The summed E-state index contributed by atoms with van der Waals surface area (Å²) < 4.78 is 10.9. The fourth-order valence-electron chi connectivity index (χ4n) is 2.18. The van der Waals surface area contributed by atoms with Gasteiger partial charge < -0.3 is 29.9 Å². The van der Waals surface area contributed by atoms with E-state index >= 15 is 0 Å². The topological polar surface area (TPSA) is 99.4 Å². The zero-order chi connectivity index (χ0) is 14.7. The van der Waals surface area contributed by atoms with E-state index in [1.807, 2.05) is 30.3 Å². The number of hydrogen-bond donors (Lipinski definition) is 4. The van der Waals surface area contributed by atoms with Crippen molar-refractivity contribution in [2.45, 2.75) is 43.7 Å². The summed E-state index contributed by atoms with van der Waals surface area (Å²) >= 11 is 0. The Balaban J connectivity index is 2.04. The quantitative estimate of drug-likeness (QED) is 0.598. The Bertz CT molecular complexity index is 409. The first-order valence-corrected chi connectivity index (χ1v) is 6.55. The second-order valence-corrected chi connectivity index (χ2v) is 4.89. The van der Waals surface area contributed by atoms with Crippen LogP contribution in [-0.2, 0) is 9.47 Å². The Hall–Kier alpha value is -1.02. The van der Waals surface area contributed by atoms with Crippen molar-refractivity contribution in [3.63, 3.8) is 0 Å². The van der Waals surface area contributed by atoms with Crippen LogP contribution in [0.2, 0.25) is 0 Å². The average Bonchev–Trinajstić information content (AvgIpc) is 2.48. The lowest BCUT2D eigenvalue weighted by Crippen LogP contribution is -2.59. The molecule has 1 aliphatic rings. The van der Waals surface area contributed by atoms with Gasteiger partial charge in [0.05, 0.1) is 12.7 Å². The van der Waals surface area contributed by atoms with Crippen molar-refractivity contribution in [3.05, 3.63) is 35.9 Å². The summed E-state index contributed by atoms with van der Waals surface area (Å²) in [5, 5.41) is 38.3. The molecule has 1 aromatic carbocycles. The van der Waals surface area contributed by atoms with Gasteiger partial charge in [-0.05, 0) is 12.5 Å². The van der Waals surface area contributed by atoms with Gasteiger partial charge in [0.25, 0.3) is 0 Å². The fourth-order valence-corrected chi connectivity index (χ4v) is 2.18. The Labute approximate surface area is 117 Å². The van der Waals surface area contributed by atoms with Gasteiger partial charge in [0.15, 0.2) is 6.29 Å². The molecule has 1 aliphatic heterocycles. The summed E-state index contributed by atoms with van der Waals surface area (Å²) in [4.78, 5) is 0. The zero-order valence-corrected chi connectivity index (χ0v) is 11.2. The van der Waals surface area contributed by atoms with E-state index in [0.717, 1.165) is 5.56 Å². The Morgan fingerprint density at radius 1 is 1.10 bits per heavy atom. The molecule has 0 saturated carbocycles. The first kappa shape index (κ1) is 15.4. The summed E-state index contributed by atoms with van der Waals surface area (Å²) in [6.45, 7) is 1.32. The molecule has 0 aliphatic carbocycles. The Morgan fingerprint density at radius 3 is 2.35 bits per heavy atom. The molecule has 1 aromatic rings. The average molecular weight is 284 g/mol. The maximum Gasteiger partial charge on any atom is 0.187 e. The minimum atomic E-state index is -1.42. The van der Waals surface area contributed by atoms with E-state index in [4.69, 9.17) is 14.6 Å². The summed E-state index contributed by atoms with van der Waals surface area (Å²) in [5.41, 5.74) is 0.893. The van der Waals surface area contributed by atoms with Crippen LogP contribution in [0, 0.1) is 0 Å². The molecule has 112 valence electrons. The molecule has 0 bridgehead atoms. The highest BCUT2D eigenvalue weighted by molar-refractivity contribution is 5.16. The van der Waals surface area contributed by atoms with Crippen LogP contribution in [0.4, 0.5) is 0 Å². The lowest BCUT2D eigenvalue weighted by Gasteiger charge is -2.40. The number of aliphatic hydroxyl groups excluding tert-OH is 4. The standard InChI is InChI=1S/C14H20O6/c1-8(9-5-3-2-4-6-9)19-14-13(18)12(17)11(16)10(7-15)20-14/h2-6,8,10-18H,7H2,1H3/t8?,10-,11+,12+,13-,14-/m1/s1. The van der Waals surface area contributed by atoms with E-state index in [2.05, 4.69) is 0 Å². The zero-order valence-electron chi connectivity index (χ0n) is 11.2. The maximum atomic E-state index is 9.88. The van der Waals surface area contributed by atoms with Crippen LogP contribution < -0.4 is 0 Å². The van der Waals surface area contributed by atoms with Crippen LogP contribution >= 0.6 is 0 Å². The van der Waals surface area contributed by atoms with Crippen molar-refractivity contribution in [2.75, 3.05) is 6.61 Å². The van der Waals surface area contributed by atoms with Gasteiger partial charge in [0, 0.05) is 0 Å². The van der Waals surface area contributed by atoms with Crippen LogP contribution in [0.1, 0.15) is 18.6 Å². The van der Waals surface area contributed by atoms with Gasteiger partial charge in [-0.25, -0.2) is 0 Å². The maximum absolute atomic E-state index is 9.88. The third-order valence-electron chi connectivity index (χ3n) is 3.46. The highest BCUT2D eigenvalue weighted by atomic mass is 16.7. The number of hydrogen-bond acceptors (Lipinski definition) is 6. The monoisotopic (exact) mass is 284 g/mol. The second-order valence-electron chi connectivity index (χ2n) is 4.89. The van der Waals surface area contributed by atoms with E-state index in [0.29, 0.717) is 0 Å². The molecule has 0 spiro atoms. The van der Waals surface area contributed by atoms with Crippen molar-refractivity contribution < 1.29 is 29.9 Å². The predicted octanol–water partition coefficient (Wildman–Crippen LogP) is -0.436. The predicted molar refractivity (Wildman–Crippen MR) is 69.7 cm³/mol. The molecule has 0 radical (unpaired) electrons. The number of benzene rings is 1. The fraction of sp³-hybridized carbons (Fsp3) is 0.571. The summed E-state index contributed by atoms with van der Waals surface area (Å²) in [5.74, 6) is 0. The molecule has 0 aromatic heterocycles. The van der Waals surface area contributed by atoms with Crippen molar-refractivity contribution in [3.8, 4) is 0 Å². The van der Waals surface area contributed by atoms with Crippen LogP contribution in [0.5, 0.6) is 0 Å². The number of ether oxygens (including phenoxy) is 2. The van der Waals surface area contributed by atoms with Crippen LogP contribution in [-0.4, -0.2) is 57.7 Å². The van der Waals surface area contributed by atoms with Crippen molar-refractivity contribution in [1.82, 2.24) is 0 Å². The molecule has 4 N–H and O–H groups in total. The summed E-state index contributed by atoms with van der Waals surface area (Å²) in [6.07, 6.45) is -6.60. The molecule has 6 atom stereocenters. The van der Waals surface area contributed by atoms with Crippen LogP contribution in [0.3, 0.4) is 0 Å². The molecule has 1 heterocycles. The van der Waals surface area contributed by atoms with E-state index in [1.165, 1.54) is 0 Å². The lowest BCUT2D eigenvalue weighted by molar-refractivity contribution is -0.311. The number of aliphatic hydroxyl groups is 4. The second kappa shape index (κ2) is 6.62. The molecule has 1 unspecified atom stereocenters. The molecule has 6 nitrogen and oxygen atoms in total. The molecular formula is C14H20O6.